The maximum Gasteiger partial charge on any atom is 0.497 e. The van der Waals surface area contributed by atoms with Crippen LogP contribution < -0.4 is 43.8 Å². The van der Waals surface area contributed by atoms with E-state index < -0.39 is 78.6 Å². The van der Waals surface area contributed by atoms with Crippen molar-refractivity contribution in [2.45, 2.75) is 147 Å². The van der Waals surface area contributed by atoms with Gasteiger partial charge >= 0.3 is 7.12 Å². The number of nitrogens with two attached hydrogens (primary N) is 3. The van der Waals surface area contributed by atoms with Gasteiger partial charge in [-0.15, -0.1) is 11.3 Å². The molecule has 3 aliphatic carbocycles. The van der Waals surface area contributed by atoms with E-state index in [1.165, 1.54) is 30.7 Å². The summed E-state index contributed by atoms with van der Waals surface area (Å²) in [5, 5.41) is 25.9. The highest BCUT2D eigenvalue weighted by molar-refractivity contribution is 7.13. The molecule has 12 N–H and O–H groups in total. The Morgan fingerprint density at radius 3 is 2.21 bits per heavy atom. The molecule has 1 aromatic heterocycles. The summed E-state index contributed by atoms with van der Waals surface area (Å²) in [6.45, 7) is 11.8. The van der Waals surface area contributed by atoms with Gasteiger partial charge in [-0.05, 0) is 108 Å². The molecule has 6 rings (SSSR count). The first-order valence-electron chi connectivity index (χ1n) is 21.7. The second-order valence-electron chi connectivity index (χ2n) is 17.6. The number of aliphatic hydroxyl groups is 1. The first-order chi connectivity index (χ1) is 28.9. The predicted octanol–water partition coefficient (Wildman–Crippen LogP) is 1.25. The van der Waals surface area contributed by atoms with Gasteiger partial charge in [0.05, 0.1) is 17.8 Å². The fraction of sp³-hybridized carbons (Fsp3) is 0.667. The Hall–Kier alpha value is -3.98. The monoisotopic (exact) mass is 867 g/mol. The lowest BCUT2D eigenvalue weighted by atomic mass is 9.43. The van der Waals surface area contributed by atoms with E-state index in [9.17, 15) is 29.1 Å². The van der Waals surface area contributed by atoms with E-state index in [0.717, 1.165) is 37.7 Å². The lowest BCUT2D eigenvalue weighted by Gasteiger charge is -2.64. The molecule has 61 heavy (non-hydrogen) atoms. The summed E-state index contributed by atoms with van der Waals surface area (Å²) in [5.74, 6) is -2.66. The Kier molecular flexibility index (Phi) is 16.5. The van der Waals surface area contributed by atoms with Crippen molar-refractivity contribution in [3.05, 3.63) is 40.9 Å². The lowest BCUT2D eigenvalue weighted by Crippen LogP contribution is -2.65. The van der Waals surface area contributed by atoms with Crippen LogP contribution in [-0.4, -0.2) is 108 Å². The zero-order valence-corrected chi connectivity index (χ0v) is 37.1. The van der Waals surface area contributed by atoms with Crippen LogP contribution in [0.4, 0.5) is 0 Å². The maximum atomic E-state index is 13.6. The molecular formula is C42H66BN9O8S. The van der Waals surface area contributed by atoms with Gasteiger partial charge in [0.15, 0.2) is 0 Å². The Morgan fingerprint density at radius 2 is 1.57 bits per heavy atom. The van der Waals surface area contributed by atoms with Crippen LogP contribution in [-0.2, 0) is 34.9 Å². The second kappa shape index (κ2) is 20.9. The molecule has 19 heteroatoms. The SMILES string of the molecule is CCCCc1ccc(-c2nc(C(=O)N[C@@H](CCN)C(=O)N[C@H](C(=O)N[C@@H](C)C(=O)N[C@@H](CCCCN)C(=O)N[C@@H](N)B3O[C@@H]4C[C@@H]5C[C@@H](C5(C)C)[C@]4(C)O3)[C@@H](C)O)cs2)cc1. The zero-order valence-electron chi connectivity index (χ0n) is 36.3. The predicted molar refractivity (Wildman–Crippen MR) is 233 cm³/mol. The molecule has 2 heterocycles. The number of thiazole rings is 1. The average Bonchev–Trinajstić information content (AvgIpc) is 3.86. The van der Waals surface area contributed by atoms with Crippen molar-refractivity contribution in [1.29, 1.82) is 0 Å². The third-order valence-corrected chi connectivity index (χ3v) is 13.7. The number of aromatic nitrogens is 1. The standard InChI is InChI=1S/C42H66BN9O8S/c1-7-8-11-25-13-15-26(16-14-25)39-50-30(22-61-39)37(57)49-29(17-19-45)35(55)51-33(24(3)53)38(58)47-23(2)34(54)48-28(12-9-10-18-44)36(56)52-40(46)43-59-32-21-27-20-31(41(27,4)5)42(32,6)60-43/h13-16,22-24,27-29,31-33,40,53H,7-12,17-21,44-46H2,1-6H3,(H,47,58)(H,48,54)(H,49,57)(H,51,55)(H,52,56)/t23-,24+,27-,28-,29-,31-,32+,33-,40+,42-/m0/s1. The summed E-state index contributed by atoms with van der Waals surface area (Å²) >= 11 is 1.29. The molecule has 1 saturated heterocycles. The minimum atomic E-state index is -1.51. The molecule has 2 bridgehead atoms. The van der Waals surface area contributed by atoms with Crippen LogP contribution in [0.5, 0.6) is 0 Å². The van der Waals surface area contributed by atoms with Gasteiger partial charge in [0.25, 0.3) is 5.91 Å². The van der Waals surface area contributed by atoms with E-state index in [2.05, 4.69) is 59.3 Å². The molecule has 2 aromatic rings. The molecule has 3 saturated carbocycles. The zero-order chi connectivity index (χ0) is 44.6. The Morgan fingerprint density at radius 1 is 0.885 bits per heavy atom. The van der Waals surface area contributed by atoms with Gasteiger partial charge in [-0.25, -0.2) is 4.98 Å². The molecule has 0 radical (unpaired) electrons. The number of aryl methyl sites for hydroxylation is 1. The first-order valence-corrected chi connectivity index (χ1v) is 22.6. The third-order valence-electron chi connectivity index (χ3n) is 12.8. The Labute approximate surface area is 363 Å². The second-order valence-corrected chi connectivity index (χ2v) is 18.5. The van der Waals surface area contributed by atoms with Crippen LogP contribution in [0.1, 0.15) is 109 Å². The topological polar surface area (TPSA) is 275 Å². The minimum absolute atomic E-state index is 0.0239. The van der Waals surface area contributed by atoms with E-state index in [-0.39, 0.29) is 36.6 Å². The van der Waals surface area contributed by atoms with Crippen LogP contribution >= 0.6 is 11.3 Å². The number of amides is 5. The van der Waals surface area contributed by atoms with Crippen LogP contribution in [0.2, 0.25) is 0 Å². The van der Waals surface area contributed by atoms with Crippen molar-refractivity contribution >= 4 is 48.0 Å². The number of hydrogen-bond acceptors (Lipinski definition) is 13. The molecule has 0 unspecified atom stereocenters. The summed E-state index contributed by atoms with van der Waals surface area (Å²) in [4.78, 5) is 71.8. The molecule has 0 spiro atoms. The van der Waals surface area contributed by atoms with Crippen LogP contribution in [0.15, 0.2) is 29.6 Å². The van der Waals surface area contributed by atoms with E-state index >= 15 is 0 Å². The molecular weight excluding hydrogens is 801 g/mol. The molecule has 1 aromatic carbocycles. The van der Waals surface area contributed by atoms with Gasteiger partial charge < -0.3 is 58.2 Å². The van der Waals surface area contributed by atoms with Gasteiger partial charge in [-0.3, -0.25) is 24.0 Å². The fourth-order valence-corrected chi connectivity index (χ4v) is 9.65. The van der Waals surface area contributed by atoms with Gasteiger partial charge in [0, 0.05) is 10.9 Å². The normalized spacial score (nSPS) is 24.2. The van der Waals surface area contributed by atoms with Gasteiger partial charge in [0.1, 0.15) is 40.9 Å². The number of nitrogens with one attached hydrogen (secondary N) is 5. The maximum absolute atomic E-state index is 13.6. The number of nitrogens with zero attached hydrogens (tertiary/aromatic N) is 1. The van der Waals surface area contributed by atoms with Crippen molar-refractivity contribution in [2.75, 3.05) is 13.1 Å². The van der Waals surface area contributed by atoms with Crippen molar-refractivity contribution < 1.29 is 38.4 Å². The highest BCUT2D eigenvalue weighted by Gasteiger charge is 2.68. The van der Waals surface area contributed by atoms with E-state index in [1.54, 1.807) is 5.38 Å². The van der Waals surface area contributed by atoms with Crippen LogP contribution in [0, 0.1) is 17.3 Å². The molecule has 17 nitrogen and oxygen atoms in total. The van der Waals surface area contributed by atoms with Gasteiger partial charge in [-0.1, -0.05) is 51.5 Å². The number of carbonyl (C=O) groups excluding carboxylic acids is 5. The van der Waals surface area contributed by atoms with Crippen molar-refractivity contribution in [2.24, 2.45) is 34.5 Å². The van der Waals surface area contributed by atoms with Gasteiger partial charge in [0.2, 0.25) is 23.6 Å². The number of unbranched alkanes of at least 4 members (excludes halogenated alkanes) is 2. The van der Waals surface area contributed by atoms with Crippen molar-refractivity contribution in [1.82, 2.24) is 31.6 Å². The average molecular weight is 868 g/mol. The fourth-order valence-electron chi connectivity index (χ4n) is 8.84. The van der Waals surface area contributed by atoms with E-state index in [0.29, 0.717) is 36.2 Å². The molecule has 4 fully saturated rings. The van der Waals surface area contributed by atoms with Crippen molar-refractivity contribution in [3.63, 3.8) is 0 Å². The molecule has 336 valence electrons. The van der Waals surface area contributed by atoms with Crippen LogP contribution in [0.25, 0.3) is 10.6 Å². The third kappa shape index (κ3) is 11.4. The van der Waals surface area contributed by atoms with Crippen molar-refractivity contribution in [3.8, 4) is 10.6 Å². The summed E-state index contributed by atoms with van der Waals surface area (Å²) in [6.07, 6.45) is 4.94. The van der Waals surface area contributed by atoms with E-state index in [1.807, 2.05) is 24.3 Å². The quantitative estimate of drug-likeness (QED) is 0.0460. The number of hydrogen-bond donors (Lipinski definition) is 9. The highest BCUT2D eigenvalue weighted by Crippen LogP contribution is 2.65. The van der Waals surface area contributed by atoms with E-state index in [4.69, 9.17) is 26.5 Å². The first kappa shape index (κ1) is 48.1. The lowest BCUT2D eigenvalue weighted by molar-refractivity contribution is -0.199. The summed E-state index contributed by atoms with van der Waals surface area (Å²) < 4.78 is 12.7. The summed E-state index contributed by atoms with van der Waals surface area (Å²) in [6, 6.07) is 2.09. The number of benzene rings is 1. The highest BCUT2D eigenvalue weighted by atomic mass is 32.1. The molecule has 1 aliphatic heterocycles. The summed E-state index contributed by atoms with van der Waals surface area (Å²) in [7, 11) is -0.873. The molecule has 5 amide bonds. The van der Waals surface area contributed by atoms with Crippen LogP contribution in [0.3, 0.4) is 0 Å². The number of carbonyl (C=O) groups is 5. The number of aliphatic hydroxyl groups excluding tert-OH is 1. The minimum Gasteiger partial charge on any atom is -0.403 e. The molecule has 10 atom stereocenters. The smallest absolute Gasteiger partial charge is 0.403 e. The number of rotatable bonds is 22. The van der Waals surface area contributed by atoms with Gasteiger partial charge in [-0.2, -0.15) is 0 Å². The summed E-state index contributed by atoms with van der Waals surface area (Å²) in [5.41, 5.74) is 19.7. The molecule has 4 aliphatic rings. The Bertz CT molecular complexity index is 1850. The largest absolute Gasteiger partial charge is 0.497 e. The Balaban J connectivity index is 1.15.